The molecular weight excluding hydrogens is 194 g/mol. The van der Waals surface area contributed by atoms with Crippen LogP contribution in [0.25, 0.3) is 11.3 Å². The first-order chi connectivity index (χ1) is 6.68. The molecule has 0 saturated carbocycles. The van der Waals surface area contributed by atoms with Gasteiger partial charge < -0.3 is 4.57 Å². The van der Waals surface area contributed by atoms with Gasteiger partial charge in [-0.2, -0.15) is 0 Å². The average Bonchev–Trinajstić information content (AvgIpc) is 2.57. The maximum Gasteiger partial charge on any atom is 0.0650 e. The molecule has 0 aliphatic rings. The van der Waals surface area contributed by atoms with Gasteiger partial charge in [-0.05, 0) is 42.3 Å². The fourth-order valence-electron chi connectivity index (χ4n) is 1.50. The standard InChI is InChI=1S/C12H11ClN/c1-9-8-10(5-6-11(9)13)12-4-3-7-14(12)2/h3-6,8H,1-2H3. The first kappa shape index (κ1) is 9.35. The topological polar surface area (TPSA) is 4.93 Å². The van der Waals surface area contributed by atoms with Crippen LogP contribution >= 0.6 is 11.6 Å². The van der Waals surface area contributed by atoms with Crippen molar-refractivity contribution < 1.29 is 0 Å². The van der Waals surface area contributed by atoms with Crippen molar-refractivity contribution in [3.05, 3.63) is 47.1 Å². The predicted molar refractivity (Wildman–Crippen MR) is 59.4 cm³/mol. The summed E-state index contributed by atoms with van der Waals surface area (Å²) >= 11 is 5.97. The molecule has 0 unspecified atom stereocenters. The van der Waals surface area contributed by atoms with Crippen LogP contribution in [0, 0.1) is 13.1 Å². The normalized spacial score (nSPS) is 10.5. The monoisotopic (exact) mass is 204 g/mol. The highest BCUT2D eigenvalue weighted by Gasteiger charge is 2.02. The van der Waals surface area contributed by atoms with Crippen LogP contribution < -0.4 is 0 Å². The molecule has 0 aliphatic heterocycles. The molecule has 0 amide bonds. The third-order valence-corrected chi connectivity index (χ3v) is 2.75. The zero-order valence-electron chi connectivity index (χ0n) is 8.21. The molecule has 1 radical (unpaired) electrons. The number of hydrogen-bond donors (Lipinski definition) is 0. The minimum atomic E-state index is 0.812. The lowest BCUT2D eigenvalue weighted by atomic mass is 10.1. The summed E-state index contributed by atoms with van der Waals surface area (Å²) < 4.78 is 1.97. The summed E-state index contributed by atoms with van der Waals surface area (Å²) in [6, 6.07) is 10.0. The number of rotatable bonds is 1. The van der Waals surface area contributed by atoms with Crippen LogP contribution in [-0.4, -0.2) is 4.57 Å². The lowest BCUT2D eigenvalue weighted by Crippen LogP contribution is -1.90. The molecule has 1 aromatic heterocycles. The summed E-state index contributed by atoms with van der Waals surface area (Å²) in [6.45, 7) is 2.01. The van der Waals surface area contributed by atoms with Gasteiger partial charge in [0, 0.05) is 17.8 Å². The van der Waals surface area contributed by atoms with Crippen LogP contribution in [0.2, 0.25) is 5.02 Å². The Labute approximate surface area is 88.9 Å². The molecule has 2 heteroatoms. The van der Waals surface area contributed by atoms with Crippen molar-refractivity contribution in [3.8, 4) is 11.3 Å². The van der Waals surface area contributed by atoms with Crippen LogP contribution in [0.1, 0.15) is 5.56 Å². The minimum Gasteiger partial charge on any atom is -0.342 e. The molecule has 0 aliphatic carbocycles. The summed E-state index contributed by atoms with van der Waals surface area (Å²) in [6.07, 6.45) is 3.08. The largest absolute Gasteiger partial charge is 0.342 e. The molecule has 0 bridgehead atoms. The van der Waals surface area contributed by atoms with Crippen molar-refractivity contribution in [2.45, 2.75) is 6.92 Å². The Morgan fingerprint density at radius 3 is 2.64 bits per heavy atom. The fraction of sp³-hybridized carbons (Fsp3) is 0.167. The second-order valence-corrected chi connectivity index (χ2v) is 3.78. The van der Waals surface area contributed by atoms with E-state index in [2.05, 4.69) is 12.3 Å². The first-order valence-electron chi connectivity index (χ1n) is 4.48. The van der Waals surface area contributed by atoms with Gasteiger partial charge in [-0.25, -0.2) is 0 Å². The van der Waals surface area contributed by atoms with Crippen molar-refractivity contribution in [1.82, 2.24) is 4.57 Å². The van der Waals surface area contributed by atoms with Crippen LogP contribution in [0.15, 0.2) is 30.3 Å². The molecule has 1 nitrogen and oxygen atoms in total. The van der Waals surface area contributed by atoms with Gasteiger partial charge in [0.05, 0.1) is 6.20 Å². The highest BCUT2D eigenvalue weighted by atomic mass is 35.5. The van der Waals surface area contributed by atoms with E-state index in [-0.39, 0.29) is 0 Å². The van der Waals surface area contributed by atoms with Gasteiger partial charge in [0.2, 0.25) is 0 Å². The van der Waals surface area contributed by atoms with Crippen molar-refractivity contribution >= 4 is 11.6 Å². The zero-order chi connectivity index (χ0) is 10.1. The number of halogens is 1. The van der Waals surface area contributed by atoms with Crippen LogP contribution in [0.5, 0.6) is 0 Å². The maximum atomic E-state index is 5.97. The Bertz CT molecular complexity index is 457. The lowest BCUT2D eigenvalue weighted by molar-refractivity contribution is 0.928. The number of nitrogens with zero attached hydrogens (tertiary/aromatic N) is 1. The second kappa shape index (κ2) is 3.50. The molecule has 2 rings (SSSR count). The van der Waals surface area contributed by atoms with E-state index in [4.69, 9.17) is 11.6 Å². The molecule has 71 valence electrons. The van der Waals surface area contributed by atoms with Crippen LogP contribution in [0.4, 0.5) is 0 Å². The number of aromatic nitrogens is 1. The molecule has 0 atom stereocenters. The smallest absolute Gasteiger partial charge is 0.0650 e. The molecular formula is C12H11ClN. The number of benzene rings is 1. The van der Waals surface area contributed by atoms with E-state index >= 15 is 0 Å². The summed E-state index contributed by atoms with van der Waals surface area (Å²) in [7, 11) is 1.99. The van der Waals surface area contributed by atoms with Crippen LogP contribution in [0.3, 0.4) is 0 Å². The van der Waals surface area contributed by atoms with E-state index in [0.717, 1.165) is 16.3 Å². The molecule has 14 heavy (non-hydrogen) atoms. The van der Waals surface area contributed by atoms with Gasteiger partial charge in [-0.3, -0.25) is 0 Å². The Hall–Kier alpha value is -1.21. The highest BCUT2D eigenvalue weighted by Crippen LogP contribution is 2.24. The van der Waals surface area contributed by atoms with Gasteiger partial charge in [0.1, 0.15) is 0 Å². The Morgan fingerprint density at radius 2 is 2.07 bits per heavy atom. The quantitative estimate of drug-likeness (QED) is 0.671. The molecule has 1 aromatic carbocycles. The van der Waals surface area contributed by atoms with Crippen molar-refractivity contribution in [2.75, 3.05) is 0 Å². The highest BCUT2D eigenvalue weighted by molar-refractivity contribution is 6.31. The maximum absolute atomic E-state index is 5.97. The minimum absolute atomic E-state index is 0.812. The molecule has 0 fully saturated rings. The van der Waals surface area contributed by atoms with Crippen molar-refractivity contribution in [2.24, 2.45) is 7.05 Å². The summed E-state index contributed by atoms with van der Waals surface area (Å²) in [5.41, 5.74) is 3.44. The van der Waals surface area contributed by atoms with Crippen molar-refractivity contribution in [3.63, 3.8) is 0 Å². The van der Waals surface area contributed by atoms with Gasteiger partial charge in [-0.15, -0.1) is 0 Å². The molecule has 2 aromatic rings. The van der Waals surface area contributed by atoms with Gasteiger partial charge >= 0.3 is 0 Å². The van der Waals surface area contributed by atoms with Crippen molar-refractivity contribution in [1.29, 1.82) is 0 Å². The van der Waals surface area contributed by atoms with E-state index in [1.165, 1.54) is 5.56 Å². The summed E-state index contributed by atoms with van der Waals surface area (Å²) in [4.78, 5) is 0. The van der Waals surface area contributed by atoms with E-state index < -0.39 is 0 Å². The number of aryl methyl sites for hydroxylation is 2. The Kier molecular flexibility index (Phi) is 2.34. The van der Waals surface area contributed by atoms with Gasteiger partial charge in [0.15, 0.2) is 0 Å². The third-order valence-electron chi connectivity index (χ3n) is 2.32. The lowest BCUT2D eigenvalue weighted by Gasteiger charge is -2.05. The van der Waals surface area contributed by atoms with Gasteiger partial charge in [0.25, 0.3) is 0 Å². The van der Waals surface area contributed by atoms with E-state index in [1.54, 1.807) is 0 Å². The van der Waals surface area contributed by atoms with E-state index in [9.17, 15) is 0 Å². The predicted octanol–water partition coefficient (Wildman–Crippen LogP) is 3.45. The second-order valence-electron chi connectivity index (χ2n) is 3.37. The molecule has 0 spiro atoms. The summed E-state index contributed by atoms with van der Waals surface area (Å²) in [5.74, 6) is 0. The summed E-state index contributed by atoms with van der Waals surface area (Å²) in [5, 5.41) is 0.812. The number of hydrogen-bond acceptors (Lipinski definition) is 0. The van der Waals surface area contributed by atoms with Gasteiger partial charge in [-0.1, -0.05) is 17.7 Å². The average molecular weight is 205 g/mol. The zero-order valence-corrected chi connectivity index (χ0v) is 8.97. The molecule has 0 saturated heterocycles. The fourth-order valence-corrected chi connectivity index (χ4v) is 1.62. The van der Waals surface area contributed by atoms with E-state index in [1.807, 2.05) is 42.8 Å². The molecule has 1 heterocycles. The Balaban J connectivity index is 2.53. The third kappa shape index (κ3) is 1.55. The first-order valence-corrected chi connectivity index (χ1v) is 4.86. The van der Waals surface area contributed by atoms with E-state index in [0.29, 0.717) is 0 Å². The molecule has 0 N–H and O–H groups in total. The Morgan fingerprint density at radius 1 is 1.29 bits per heavy atom. The van der Waals surface area contributed by atoms with Crippen LogP contribution in [-0.2, 0) is 7.05 Å². The SMILES string of the molecule is Cc1cc(-c2cc[c]n2C)ccc1Cl.